The Hall–Kier alpha value is -3.15. The fourth-order valence-corrected chi connectivity index (χ4v) is 8.55. The molecule has 0 aromatic heterocycles. The summed E-state index contributed by atoms with van der Waals surface area (Å²) in [6.07, 6.45) is 5.35. The second kappa shape index (κ2) is 15.9. The molecule has 3 aromatic carbocycles. The van der Waals surface area contributed by atoms with Gasteiger partial charge < -0.3 is 20.3 Å². The van der Waals surface area contributed by atoms with Crippen molar-refractivity contribution in [2.45, 2.75) is 55.4 Å². The molecule has 0 saturated heterocycles. The third-order valence-corrected chi connectivity index (χ3v) is 11.2. The number of amides is 2. The van der Waals surface area contributed by atoms with Crippen LogP contribution in [0.1, 0.15) is 51.1 Å². The van der Waals surface area contributed by atoms with Crippen LogP contribution >= 0.6 is 24.4 Å². The van der Waals surface area contributed by atoms with Gasteiger partial charge in [0.1, 0.15) is 11.8 Å². The fourth-order valence-electron chi connectivity index (χ4n) is 5.71. The average molecular weight is 670 g/mol. The third kappa shape index (κ3) is 8.56. The first-order valence-corrected chi connectivity index (χ1v) is 18.8. The van der Waals surface area contributed by atoms with E-state index in [0.717, 1.165) is 31.4 Å². The zero-order valence-electron chi connectivity index (χ0n) is 26.1. The minimum atomic E-state index is -3.72. The third-order valence-electron chi connectivity index (χ3n) is 8.21. The number of nitrogens with zero attached hydrogens (tertiary/aromatic N) is 1. The van der Waals surface area contributed by atoms with Crippen LogP contribution in [0.4, 0.5) is 11.4 Å². The Balaban J connectivity index is 1.67. The molecule has 2 amide bonds. The summed E-state index contributed by atoms with van der Waals surface area (Å²) in [4.78, 5) is 29.1. The van der Waals surface area contributed by atoms with E-state index in [-0.39, 0.29) is 16.6 Å². The van der Waals surface area contributed by atoms with E-state index in [0.29, 0.717) is 40.7 Å². The van der Waals surface area contributed by atoms with Crippen molar-refractivity contribution in [3.05, 3.63) is 78.4 Å². The molecule has 3 aromatic rings. The second-order valence-electron chi connectivity index (χ2n) is 11.3. The van der Waals surface area contributed by atoms with E-state index in [1.807, 2.05) is 48.7 Å². The highest BCUT2D eigenvalue weighted by Gasteiger charge is 2.42. The van der Waals surface area contributed by atoms with Gasteiger partial charge in [-0.25, -0.2) is 8.42 Å². The summed E-state index contributed by atoms with van der Waals surface area (Å²) in [5.41, 5.74) is 1.74. The van der Waals surface area contributed by atoms with Gasteiger partial charge in [-0.2, -0.15) is 12.6 Å². The van der Waals surface area contributed by atoms with Crippen molar-refractivity contribution in [3.63, 3.8) is 0 Å². The Bertz CT molecular complexity index is 1550. The van der Waals surface area contributed by atoms with Crippen molar-refractivity contribution in [1.29, 1.82) is 0 Å². The van der Waals surface area contributed by atoms with E-state index < -0.39 is 33.8 Å². The Morgan fingerprint density at radius 3 is 2.38 bits per heavy atom. The summed E-state index contributed by atoms with van der Waals surface area (Å²) in [6, 6.07) is 21.4. The minimum absolute atomic E-state index is 0.0333. The SMILES string of the molecule is CCCCC1(CC)CN(c2ccccc2)c2cc(SC)c(OCC(=O)N[C@@H](C(=O)NCCS)c3ccccc3)cc2S(=O)(=O)C1. The lowest BCUT2D eigenvalue weighted by atomic mass is 9.81. The molecular formula is C34H43N3O5S3. The number of rotatable bonds is 14. The zero-order chi connectivity index (χ0) is 32.5. The Morgan fingerprint density at radius 1 is 1.07 bits per heavy atom. The number of thioether (sulfide) groups is 1. The summed E-state index contributed by atoms with van der Waals surface area (Å²) in [5, 5.41) is 5.54. The molecule has 45 heavy (non-hydrogen) atoms. The van der Waals surface area contributed by atoms with Gasteiger partial charge in [-0.05, 0) is 42.9 Å². The van der Waals surface area contributed by atoms with Crippen molar-refractivity contribution in [2.24, 2.45) is 5.41 Å². The number of carbonyl (C=O) groups excluding carboxylic acids is 2. The molecule has 0 radical (unpaired) electrons. The summed E-state index contributed by atoms with van der Waals surface area (Å²) in [6.45, 7) is 4.74. The highest BCUT2D eigenvalue weighted by Crippen LogP contribution is 2.47. The molecule has 0 fully saturated rings. The maximum Gasteiger partial charge on any atom is 0.258 e. The van der Waals surface area contributed by atoms with Gasteiger partial charge in [-0.15, -0.1) is 11.8 Å². The van der Waals surface area contributed by atoms with E-state index in [9.17, 15) is 18.0 Å². The number of anilines is 2. The van der Waals surface area contributed by atoms with E-state index in [1.165, 1.54) is 11.8 Å². The molecular weight excluding hydrogens is 627 g/mol. The standard InChI is InChI=1S/C34H43N3O5S3/c1-4-6-17-34(5-2)23-37(26-15-11-8-12-16-26)27-20-29(44-3)28(21-30(27)45(40,41)24-34)42-22-31(38)36-32(33(39)35-18-19-43)25-13-9-7-10-14-25/h7-16,20-21,32,43H,4-6,17-19,22-24H2,1-3H3,(H,35,39)(H,36,38)/t32-,34?/m1/s1. The van der Waals surface area contributed by atoms with Crippen LogP contribution in [0.3, 0.4) is 0 Å². The largest absolute Gasteiger partial charge is 0.483 e. The number of nitrogens with one attached hydrogen (secondary N) is 2. The molecule has 1 aliphatic rings. The molecule has 11 heteroatoms. The molecule has 1 unspecified atom stereocenters. The van der Waals surface area contributed by atoms with Crippen LogP contribution in [0.25, 0.3) is 0 Å². The number of fused-ring (bicyclic) bond motifs is 1. The van der Waals surface area contributed by atoms with Gasteiger partial charge in [-0.3, -0.25) is 9.59 Å². The van der Waals surface area contributed by atoms with Crippen molar-refractivity contribution in [3.8, 4) is 5.75 Å². The quantitative estimate of drug-likeness (QED) is 0.139. The van der Waals surface area contributed by atoms with Crippen molar-refractivity contribution in [2.75, 3.05) is 42.4 Å². The smallest absolute Gasteiger partial charge is 0.258 e. The Kier molecular flexibility index (Phi) is 12.3. The van der Waals surface area contributed by atoms with Crippen LogP contribution in [0, 0.1) is 5.41 Å². The van der Waals surface area contributed by atoms with E-state index in [1.54, 1.807) is 30.3 Å². The summed E-state index contributed by atoms with van der Waals surface area (Å²) in [7, 11) is -3.72. The topological polar surface area (TPSA) is 105 Å². The number of benzene rings is 3. The summed E-state index contributed by atoms with van der Waals surface area (Å²) >= 11 is 5.57. The van der Waals surface area contributed by atoms with Crippen molar-refractivity contribution < 1.29 is 22.7 Å². The number of sulfone groups is 1. The number of ether oxygens (including phenoxy) is 1. The average Bonchev–Trinajstić information content (AvgIpc) is 3.16. The van der Waals surface area contributed by atoms with Crippen LogP contribution in [0.15, 0.2) is 82.6 Å². The van der Waals surface area contributed by atoms with Gasteiger partial charge in [0.05, 0.1) is 21.2 Å². The molecule has 2 N–H and O–H groups in total. The summed E-state index contributed by atoms with van der Waals surface area (Å²) < 4.78 is 34.3. The molecule has 0 aliphatic carbocycles. The highest BCUT2D eigenvalue weighted by atomic mass is 32.2. The fraction of sp³-hybridized carbons (Fsp3) is 0.412. The molecule has 0 bridgehead atoms. The van der Waals surface area contributed by atoms with Gasteiger partial charge in [0.25, 0.3) is 5.91 Å². The maximum absolute atomic E-state index is 14.1. The highest BCUT2D eigenvalue weighted by molar-refractivity contribution is 7.98. The molecule has 2 atom stereocenters. The number of unbranched alkanes of at least 4 members (excludes halogenated alkanes) is 1. The Morgan fingerprint density at radius 2 is 1.76 bits per heavy atom. The van der Waals surface area contributed by atoms with Crippen LogP contribution in [0.2, 0.25) is 0 Å². The molecule has 8 nitrogen and oxygen atoms in total. The molecule has 1 aliphatic heterocycles. The second-order valence-corrected chi connectivity index (χ2v) is 14.6. The molecule has 1 heterocycles. The minimum Gasteiger partial charge on any atom is -0.483 e. The monoisotopic (exact) mass is 669 g/mol. The lowest BCUT2D eigenvalue weighted by Gasteiger charge is -2.36. The summed E-state index contributed by atoms with van der Waals surface area (Å²) in [5.74, 6) is -0.0617. The van der Waals surface area contributed by atoms with Crippen molar-refractivity contribution >= 4 is 57.4 Å². The van der Waals surface area contributed by atoms with Gasteiger partial charge in [0, 0.05) is 36.0 Å². The first-order chi connectivity index (χ1) is 21.7. The number of hydrogen-bond donors (Lipinski definition) is 3. The van der Waals surface area contributed by atoms with Crippen LogP contribution in [-0.2, 0) is 19.4 Å². The van der Waals surface area contributed by atoms with Gasteiger partial charge in [0.15, 0.2) is 16.4 Å². The Labute approximate surface area is 277 Å². The van der Waals surface area contributed by atoms with E-state index >= 15 is 0 Å². The molecule has 0 spiro atoms. The number of para-hydroxylation sites is 1. The first-order valence-electron chi connectivity index (χ1n) is 15.3. The van der Waals surface area contributed by atoms with Gasteiger partial charge in [0.2, 0.25) is 5.91 Å². The maximum atomic E-state index is 14.1. The predicted octanol–water partition coefficient (Wildman–Crippen LogP) is 6.20. The van der Waals surface area contributed by atoms with E-state index in [4.69, 9.17) is 4.74 Å². The molecule has 0 saturated carbocycles. The number of hydrogen-bond acceptors (Lipinski definition) is 8. The van der Waals surface area contributed by atoms with Crippen LogP contribution < -0.4 is 20.3 Å². The van der Waals surface area contributed by atoms with E-state index in [2.05, 4.69) is 42.0 Å². The predicted molar refractivity (Wildman–Crippen MR) is 186 cm³/mol. The van der Waals surface area contributed by atoms with Crippen LogP contribution in [0.5, 0.6) is 5.75 Å². The normalized spacial score (nSPS) is 17.9. The molecule has 242 valence electrons. The molecule has 4 rings (SSSR count). The van der Waals surface area contributed by atoms with Crippen LogP contribution in [-0.4, -0.2) is 57.7 Å². The zero-order valence-corrected chi connectivity index (χ0v) is 28.6. The lowest BCUT2D eigenvalue weighted by Crippen LogP contribution is -2.42. The van der Waals surface area contributed by atoms with Crippen molar-refractivity contribution in [1.82, 2.24) is 10.6 Å². The number of thiol groups is 1. The lowest BCUT2D eigenvalue weighted by molar-refractivity contribution is -0.130. The van der Waals surface area contributed by atoms with Gasteiger partial charge >= 0.3 is 0 Å². The van der Waals surface area contributed by atoms with Gasteiger partial charge in [-0.1, -0.05) is 75.2 Å². The number of carbonyl (C=O) groups is 2. The first kappa shape index (κ1) is 34.7.